The fourth-order valence-corrected chi connectivity index (χ4v) is 2.75. The first-order valence-corrected chi connectivity index (χ1v) is 7.40. The van der Waals surface area contributed by atoms with Crippen LogP contribution in [0.5, 0.6) is 0 Å². The number of hydrogen-bond acceptors (Lipinski definition) is 4. The molecule has 1 heterocycles. The van der Waals surface area contributed by atoms with E-state index in [1.165, 1.54) is 0 Å². The summed E-state index contributed by atoms with van der Waals surface area (Å²) in [5, 5.41) is 5.65. The molecule has 2 aromatic carbocycles. The number of nitrogens with zero attached hydrogens (tertiary/aromatic N) is 2. The fraction of sp³-hybridized carbons (Fsp3) is 0.125. The highest BCUT2D eigenvalue weighted by Crippen LogP contribution is 2.32. The van der Waals surface area contributed by atoms with Crippen molar-refractivity contribution in [1.29, 1.82) is 0 Å². The number of anilines is 3. The van der Waals surface area contributed by atoms with E-state index in [2.05, 4.69) is 43.3 Å². The molecule has 106 valence electrons. The summed E-state index contributed by atoms with van der Waals surface area (Å²) >= 11 is 3.58. The van der Waals surface area contributed by atoms with E-state index in [1.54, 1.807) is 0 Å². The quantitative estimate of drug-likeness (QED) is 0.727. The van der Waals surface area contributed by atoms with Gasteiger partial charge in [-0.05, 0) is 31.4 Å². The van der Waals surface area contributed by atoms with Gasteiger partial charge in [0.15, 0.2) is 0 Å². The highest BCUT2D eigenvalue weighted by Gasteiger charge is 2.09. The lowest BCUT2D eigenvalue weighted by molar-refractivity contribution is 1.05. The maximum atomic E-state index is 5.91. The summed E-state index contributed by atoms with van der Waals surface area (Å²) < 4.78 is 1.07. The molecule has 0 radical (unpaired) electrons. The molecule has 0 unspecified atom stereocenters. The van der Waals surface area contributed by atoms with Crippen LogP contribution in [0.15, 0.2) is 40.9 Å². The molecule has 3 rings (SSSR count). The molecule has 0 aliphatic rings. The first-order valence-electron chi connectivity index (χ1n) is 6.61. The number of nitrogens with one attached hydrogen (secondary N) is 1. The summed E-state index contributed by atoms with van der Waals surface area (Å²) in [5.41, 5.74) is 7.76. The third-order valence-electron chi connectivity index (χ3n) is 3.42. The lowest BCUT2D eigenvalue weighted by atomic mass is 10.1. The van der Waals surface area contributed by atoms with E-state index in [4.69, 9.17) is 5.73 Å². The minimum absolute atomic E-state index is 0.506. The van der Waals surface area contributed by atoms with Gasteiger partial charge in [-0.25, -0.2) is 9.97 Å². The lowest BCUT2D eigenvalue weighted by Crippen LogP contribution is -2.05. The predicted octanol–water partition coefficient (Wildman–Crippen LogP) is 4.33. The number of aryl methyl sites for hydroxylation is 1. The normalized spacial score (nSPS) is 10.8. The average molecular weight is 343 g/mol. The molecule has 0 aliphatic carbocycles. The van der Waals surface area contributed by atoms with Crippen LogP contribution in [0.2, 0.25) is 0 Å². The number of nitrogens with two attached hydrogens (primary N) is 1. The smallest absolute Gasteiger partial charge is 0.139 e. The minimum Gasteiger partial charge on any atom is -0.383 e. The van der Waals surface area contributed by atoms with Gasteiger partial charge in [0.25, 0.3) is 0 Å². The number of fused-ring (bicyclic) bond motifs is 1. The van der Waals surface area contributed by atoms with Gasteiger partial charge >= 0.3 is 0 Å². The minimum atomic E-state index is 0.506. The molecule has 1 aromatic heterocycles. The van der Waals surface area contributed by atoms with E-state index < -0.39 is 0 Å². The van der Waals surface area contributed by atoms with Gasteiger partial charge in [0.2, 0.25) is 0 Å². The van der Waals surface area contributed by atoms with Crippen LogP contribution in [-0.4, -0.2) is 9.97 Å². The maximum absolute atomic E-state index is 5.91. The van der Waals surface area contributed by atoms with Gasteiger partial charge in [-0.1, -0.05) is 40.2 Å². The van der Waals surface area contributed by atoms with Crippen molar-refractivity contribution >= 4 is 44.0 Å². The fourth-order valence-electron chi connectivity index (χ4n) is 2.27. The zero-order valence-electron chi connectivity index (χ0n) is 11.8. The lowest BCUT2D eigenvalue weighted by Gasteiger charge is -2.13. The topological polar surface area (TPSA) is 63.8 Å². The van der Waals surface area contributed by atoms with Gasteiger partial charge in [-0.3, -0.25) is 0 Å². The van der Waals surface area contributed by atoms with Crippen LogP contribution in [0.3, 0.4) is 0 Å². The molecule has 0 aliphatic heterocycles. The molecule has 3 N–H and O–H groups in total. The summed E-state index contributed by atoms with van der Waals surface area (Å²) in [6.07, 6.45) is 0. The zero-order valence-corrected chi connectivity index (χ0v) is 13.4. The number of hydrogen-bond donors (Lipinski definition) is 2. The third-order valence-corrected chi connectivity index (χ3v) is 4.11. The van der Waals surface area contributed by atoms with Crippen molar-refractivity contribution < 1.29 is 0 Å². The number of benzene rings is 2. The van der Waals surface area contributed by atoms with Crippen molar-refractivity contribution in [3.05, 3.63) is 52.3 Å². The molecule has 0 fully saturated rings. The van der Waals surface area contributed by atoms with Crippen LogP contribution in [0.25, 0.3) is 10.8 Å². The van der Waals surface area contributed by atoms with Crippen molar-refractivity contribution in [2.24, 2.45) is 0 Å². The number of halogens is 1. The Balaban J connectivity index is 2.13. The molecule has 0 saturated carbocycles. The second-order valence-corrected chi connectivity index (χ2v) is 5.75. The number of aromatic nitrogens is 2. The van der Waals surface area contributed by atoms with Crippen LogP contribution >= 0.6 is 15.9 Å². The number of rotatable bonds is 2. The van der Waals surface area contributed by atoms with Crippen LogP contribution in [0, 0.1) is 13.8 Å². The van der Waals surface area contributed by atoms with Crippen molar-refractivity contribution in [2.45, 2.75) is 13.8 Å². The van der Waals surface area contributed by atoms with Gasteiger partial charge in [0.1, 0.15) is 17.5 Å². The average Bonchev–Trinajstić information content (AvgIpc) is 2.47. The summed E-state index contributed by atoms with van der Waals surface area (Å²) in [7, 11) is 0. The summed E-state index contributed by atoms with van der Waals surface area (Å²) in [4.78, 5) is 8.62. The monoisotopic (exact) mass is 342 g/mol. The Morgan fingerprint density at radius 1 is 1.00 bits per heavy atom. The second kappa shape index (κ2) is 5.33. The van der Waals surface area contributed by atoms with Crippen molar-refractivity contribution in [1.82, 2.24) is 9.97 Å². The van der Waals surface area contributed by atoms with Crippen molar-refractivity contribution in [3.8, 4) is 0 Å². The Morgan fingerprint density at radius 2 is 1.71 bits per heavy atom. The molecule has 0 saturated heterocycles. The molecular weight excluding hydrogens is 328 g/mol. The Bertz CT molecular complexity index is 830. The third kappa shape index (κ3) is 2.56. The molecule has 4 nitrogen and oxygen atoms in total. The molecule has 3 aromatic rings. The van der Waals surface area contributed by atoms with E-state index in [0.29, 0.717) is 11.6 Å². The molecule has 5 heteroatoms. The van der Waals surface area contributed by atoms with Gasteiger partial charge in [0.05, 0.1) is 0 Å². The Kier molecular flexibility index (Phi) is 3.51. The first-order chi connectivity index (χ1) is 10.1. The zero-order chi connectivity index (χ0) is 15.0. The largest absolute Gasteiger partial charge is 0.383 e. The van der Waals surface area contributed by atoms with Crippen LogP contribution in [0.1, 0.15) is 11.4 Å². The standard InChI is InChI=1S/C16H15BrN4/c1-9-15(18)19-10(2)20-16(9)21-14-8-7-13(17)11-5-3-4-6-12(11)14/h3-8H,1-2H3,(H3,18,19,20,21). The van der Waals surface area contributed by atoms with Crippen molar-refractivity contribution in [2.75, 3.05) is 11.1 Å². The second-order valence-electron chi connectivity index (χ2n) is 4.90. The molecule has 0 spiro atoms. The predicted molar refractivity (Wildman–Crippen MR) is 90.8 cm³/mol. The van der Waals surface area contributed by atoms with Crippen LogP contribution < -0.4 is 11.1 Å². The van der Waals surface area contributed by atoms with E-state index in [1.807, 2.05) is 38.1 Å². The first kappa shape index (κ1) is 13.8. The van der Waals surface area contributed by atoms with E-state index in [0.717, 1.165) is 32.3 Å². The SMILES string of the molecule is Cc1nc(N)c(C)c(Nc2ccc(Br)c3ccccc23)n1. The van der Waals surface area contributed by atoms with Crippen molar-refractivity contribution in [3.63, 3.8) is 0 Å². The molecular formula is C16H15BrN4. The maximum Gasteiger partial charge on any atom is 0.139 e. The summed E-state index contributed by atoms with van der Waals surface area (Å²) in [6, 6.07) is 12.3. The Hall–Kier alpha value is -2.14. The van der Waals surface area contributed by atoms with Gasteiger partial charge in [-0.2, -0.15) is 0 Å². The highest BCUT2D eigenvalue weighted by atomic mass is 79.9. The molecule has 0 bridgehead atoms. The molecule has 0 atom stereocenters. The van der Waals surface area contributed by atoms with E-state index in [-0.39, 0.29) is 0 Å². The van der Waals surface area contributed by atoms with Gasteiger partial charge < -0.3 is 11.1 Å². The van der Waals surface area contributed by atoms with Crippen LogP contribution in [-0.2, 0) is 0 Å². The summed E-state index contributed by atoms with van der Waals surface area (Å²) in [5.74, 6) is 1.90. The van der Waals surface area contributed by atoms with Crippen LogP contribution in [0.4, 0.5) is 17.3 Å². The molecule has 0 amide bonds. The van der Waals surface area contributed by atoms with Gasteiger partial charge in [0, 0.05) is 21.1 Å². The summed E-state index contributed by atoms with van der Waals surface area (Å²) in [6.45, 7) is 3.75. The Labute approximate surface area is 131 Å². The number of nitrogen functional groups attached to an aromatic ring is 1. The van der Waals surface area contributed by atoms with E-state index in [9.17, 15) is 0 Å². The molecule has 21 heavy (non-hydrogen) atoms. The Morgan fingerprint density at radius 3 is 2.48 bits per heavy atom. The van der Waals surface area contributed by atoms with Gasteiger partial charge in [-0.15, -0.1) is 0 Å². The van der Waals surface area contributed by atoms with E-state index >= 15 is 0 Å². The highest BCUT2D eigenvalue weighted by molar-refractivity contribution is 9.10.